The van der Waals surface area contributed by atoms with Gasteiger partial charge in [0.15, 0.2) is 0 Å². The first-order valence-corrected chi connectivity index (χ1v) is 5.93. The molecule has 1 heterocycles. The van der Waals surface area contributed by atoms with E-state index in [0.717, 1.165) is 19.5 Å². The van der Waals surface area contributed by atoms with Crippen LogP contribution in [0.2, 0.25) is 0 Å². The molecular formula is C11H23N3O. The highest BCUT2D eigenvalue weighted by Crippen LogP contribution is 2.06. The van der Waals surface area contributed by atoms with E-state index in [2.05, 4.69) is 10.2 Å². The first-order valence-electron chi connectivity index (χ1n) is 5.93. The first kappa shape index (κ1) is 12.5. The number of carbonyl (C=O) groups excluding carboxylic acids is 1. The fourth-order valence-corrected chi connectivity index (χ4v) is 1.90. The molecule has 1 aliphatic heterocycles. The summed E-state index contributed by atoms with van der Waals surface area (Å²) in [5.74, 6) is 0.0754. The second kappa shape index (κ2) is 6.80. The van der Waals surface area contributed by atoms with E-state index in [1.807, 2.05) is 6.92 Å². The summed E-state index contributed by atoms with van der Waals surface area (Å²) in [7, 11) is 0. The Morgan fingerprint density at radius 1 is 1.47 bits per heavy atom. The number of nitrogens with two attached hydrogens (primary N) is 1. The van der Waals surface area contributed by atoms with Crippen LogP contribution < -0.4 is 11.1 Å². The third-order valence-electron chi connectivity index (χ3n) is 2.68. The molecular weight excluding hydrogens is 190 g/mol. The lowest BCUT2D eigenvalue weighted by Crippen LogP contribution is -2.32. The third-order valence-corrected chi connectivity index (χ3v) is 2.68. The number of carbonyl (C=O) groups is 1. The summed E-state index contributed by atoms with van der Waals surface area (Å²) in [5, 5.41) is 2.89. The summed E-state index contributed by atoms with van der Waals surface area (Å²) in [5.41, 5.74) is 5.53. The molecule has 4 heteroatoms. The number of rotatable bonds is 6. The van der Waals surface area contributed by atoms with Gasteiger partial charge < -0.3 is 16.0 Å². The molecule has 0 spiro atoms. The van der Waals surface area contributed by atoms with Crippen molar-refractivity contribution in [2.24, 2.45) is 5.73 Å². The first-order chi connectivity index (χ1) is 7.18. The number of amides is 1. The lowest BCUT2D eigenvalue weighted by atomic mass is 10.2. The van der Waals surface area contributed by atoms with E-state index in [1.165, 1.54) is 25.9 Å². The molecule has 0 radical (unpaired) electrons. The molecule has 0 saturated carbocycles. The van der Waals surface area contributed by atoms with Crippen molar-refractivity contribution < 1.29 is 4.79 Å². The standard InChI is InChI=1S/C11H23N3O/c1-10(12)9-11(15)13-5-4-8-14-6-2-3-7-14/h10H,2-9,12H2,1H3,(H,13,15). The zero-order valence-corrected chi connectivity index (χ0v) is 9.67. The lowest BCUT2D eigenvalue weighted by Gasteiger charge is -2.14. The fraction of sp³-hybridized carbons (Fsp3) is 0.909. The molecule has 0 aromatic rings. The van der Waals surface area contributed by atoms with Gasteiger partial charge >= 0.3 is 0 Å². The Balaban J connectivity index is 1.94. The molecule has 1 aliphatic rings. The van der Waals surface area contributed by atoms with Crippen molar-refractivity contribution in [3.63, 3.8) is 0 Å². The smallest absolute Gasteiger partial charge is 0.221 e. The SMILES string of the molecule is CC(N)CC(=O)NCCCN1CCCC1. The Kier molecular flexibility index (Phi) is 5.65. The molecule has 0 bridgehead atoms. The number of nitrogens with zero attached hydrogens (tertiary/aromatic N) is 1. The highest BCUT2D eigenvalue weighted by molar-refractivity contribution is 5.76. The van der Waals surface area contributed by atoms with Crippen molar-refractivity contribution in [3.8, 4) is 0 Å². The van der Waals surface area contributed by atoms with Crippen molar-refractivity contribution in [2.45, 2.75) is 38.6 Å². The van der Waals surface area contributed by atoms with Gasteiger partial charge in [-0.1, -0.05) is 0 Å². The summed E-state index contributed by atoms with van der Waals surface area (Å²) in [4.78, 5) is 13.7. The van der Waals surface area contributed by atoms with Gasteiger partial charge in [-0.15, -0.1) is 0 Å². The Morgan fingerprint density at radius 3 is 2.73 bits per heavy atom. The normalized spacial score (nSPS) is 19.1. The molecule has 1 rings (SSSR count). The summed E-state index contributed by atoms with van der Waals surface area (Å²) in [6.45, 7) is 6.20. The maximum atomic E-state index is 11.2. The van der Waals surface area contributed by atoms with Crippen LogP contribution in [0.3, 0.4) is 0 Å². The van der Waals surface area contributed by atoms with E-state index >= 15 is 0 Å². The Morgan fingerprint density at radius 2 is 2.13 bits per heavy atom. The molecule has 3 N–H and O–H groups in total. The van der Waals surface area contributed by atoms with Crippen molar-refractivity contribution in [3.05, 3.63) is 0 Å². The Hall–Kier alpha value is -0.610. The van der Waals surface area contributed by atoms with Crippen molar-refractivity contribution >= 4 is 5.91 Å². The number of hydrogen-bond acceptors (Lipinski definition) is 3. The number of likely N-dealkylation sites (tertiary alicyclic amines) is 1. The molecule has 1 fully saturated rings. The largest absolute Gasteiger partial charge is 0.356 e. The van der Waals surface area contributed by atoms with Crippen molar-refractivity contribution in [1.29, 1.82) is 0 Å². The summed E-state index contributed by atoms with van der Waals surface area (Å²) >= 11 is 0. The van der Waals surface area contributed by atoms with Gasteiger partial charge in [-0.05, 0) is 45.8 Å². The van der Waals surface area contributed by atoms with Crippen LogP contribution in [0.4, 0.5) is 0 Å². The summed E-state index contributed by atoms with van der Waals surface area (Å²) in [6, 6.07) is -0.0383. The van der Waals surface area contributed by atoms with E-state index < -0.39 is 0 Å². The Bertz CT molecular complexity index is 188. The highest BCUT2D eigenvalue weighted by Gasteiger charge is 2.10. The van der Waals surface area contributed by atoms with Crippen LogP contribution in [-0.4, -0.2) is 43.0 Å². The van der Waals surface area contributed by atoms with Crippen LogP contribution in [-0.2, 0) is 4.79 Å². The van der Waals surface area contributed by atoms with Gasteiger partial charge in [0.25, 0.3) is 0 Å². The minimum atomic E-state index is -0.0383. The molecule has 0 aliphatic carbocycles. The molecule has 1 amide bonds. The van der Waals surface area contributed by atoms with Crippen LogP contribution in [0.1, 0.15) is 32.6 Å². The van der Waals surface area contributed by atoms with Crippen LogP contribution in [0, 0.1) is 0 Å². The van der Waals surface area contributed by atoms with Gasteiger partial charge in [0.1, 0.15) is 0 Å². The van der Waals surface area contributed by atoms with Gasteiger partial charge in [-0.3, -0.25) is 4.79 Å². The molecule has 4 nitrogen and oxygen atoms in total. The quantitative estimate of drug-likeness (QED) is 0.625. The minimum Gasteiger partial charge on any atom is -0.356 e. The summed E-state index contributed by atoms with van der Waals surface area (Å²) in [6.07, 6.45) is 4.14. The summed E-state index contributed by atoms with van der Waals surface area (Å²) < 4.78 is 0. The molecule has 0 aromatic heterocycles. The average Bonchev–Trinajstić information content (AvgIpc) is 2.63. The van der Waals surface area contributed by atoms with E-state index in [4.69, 9.17) is 5.73 Å². The maximum Gasteiger partial charge on any atom is 0.221 e. The minimum absolute atomic E-state index is 0.0383. The fourth-order valence-electron chi connectivity index (χ4n) is 1.90. The average molecular weight is 213 g/mol. The lowest BCUT2D eigenvalue weighted by molar-refractivity contribution is -0.121. The van der Waals surface area contributed by atoms with E-state index in [9.17, 15) is 4.79 Å². The zero-order chi connectivity index (χ0) is 11.1. The van der Waals surface area contributed by atoms with Crippen molar-refractivity contribution in [1.82, 2.24) is 10.2 Å². The van der Waals surface area contributed by atoms with E-state index in [1.54, 1.807) is 0 Å². The maximum absolute atomic E-state index is 11.2. The van der Waals surface area contributed by atoms with Crippen LogP contribution in [0.25, 0.3) is 0 Å². The second-order valence-corrected chi connectivity index (χ2v) is 4.43. The van der Waals surface area contributed by atoms with Gasteiger partial charge in [-0.25, -0.2) is 0 Å². The Labute approximate surface area is 92.2 Å². The zero-order valence-electron chi connectivity index (χ0n) is 9.67. The monoisotopic (exact) mass is 213 g/mol. The molecule has 1 saturated heterocycles. The van der Waals surface area contributed by atoms with E-state index in [-0.39, 0.29) is 11.9 Å². The molecule has 88 valence electrons. The number of hydrogen-bond donors (Lipinski definition) is 2. The van der Waals surface area contributed by atoms with Gasteiger partial charge in [0, 0.05) is 19.0 Å². The van der Waals surface area contributed by atoms with Gasteiger partial charge in [0.05, 0.1) is 0 Å². The molecule has 0 aromatic carbocycles. The predicted octanol–water partition coefficient (Wildman–Crippen LogP) is 0.326. The second-order valence-electron chi connectivity index (χ2n) is 4.43. The van der Waals surface area contributed by atoms with Gasteiger partial charge in [-0.2, -0.15) is 0 Å². The molecule has 1 atom stereocenters. The third kappa shape index (κ3) is 5.74. The number of nitrogens with one attached hydrogen (secondary N) is 1. The topological polar surface area (TPSA) is 58.4 Å². The van der Waals surface area contributed by atoms with Crippen LogP contribution in [0.5, 0.6) is 0 Å². The van der Waals surface area contributed by atoms with E-state index in [0.29, 0.717) is 6.42 Å². The molecule has 1 unspecified atom stereocenters. The highest BCUT2D eigenvalue weighted by atomic mass is 16.1. The van der Waals surface area contributed by atoms with Gasteiger partial charge in [0.2, 0.25) is 5.91 Å². The van der Waals surface area contributed by atoms with Crippen molar-refractivity contribution in [2.75, 3.05) is 26.2 Å². The van der Waals surface area contributed by atoms with Crippen LogP contribution >= 0.6 is 0 Å². The van der Waals surface area contributed by atoms with Crippen LogP contribution in [0.15, 0.2) is 0 Å². The predicted molar refractivity (Wildman–Crippen MR) is 61.6 cm³/mol. The molecule has 15 heavy (non-hydrogen) atoms.